The lowest BCUT2D eigenvalue weighted by Gasteiger charge is -2.10. The van der Waals surface area contributed by atoms with E-state index in [0.29, 0.717) is 11.5 Å². The smallest absolute Gasteiger partial charge is 0.133 e. The third kappa shape index (κ3) is 2.87. The molecular weight excluding hydrogens is 229 g/mol. The fourth-order valence-corrected chi connectivity index (χ4v) is 1.65. The molecule has 2 aromatic rings. The summed E-state index contributed by atoms with van der Waals surface area (Å²) in [7, 11) is 0. The average molecular weight is 245 g/mol. The second kappa shape index (κ2) is 5.19. The highest BCUT2D eigenvalue weighted by molar-refractivity contribution is 5.38. The van der Waals surface area contributed by atoms with Crippen molar-refractivity contribution >= 4 is 0 Å². The molecule has 0 aliphatic rings. The monoisotopic (exact) mass is 245 g/mol. The van der Waals surface area contributed by atoms with Gasteiger partial charge in [0.25, 0.3) is 0 Å². The summed E-state index contributed by atoms with van der Waals surface area (Å²) >= 11 is 0. The number of halogens is 1. The molecule has 0 aromatic heterocycles. The van der Waals surface area contributed by atoms with E-state index in [9.17, 15) is 4.39 Å². The summed E-state index contributed by atoms with van der Waals surface area (Å²) in [6.07, 6.45) is 0. The van der Waals surface area contributed by atoms with E-state index in [4.69, 9.17) is 10.5 Å². The largest absolute Gasteiger partial charge is 0.457 e. The Labute approximate surface area is 106 Å². The number of hydrogen-bond donors (Lipinski definition) is 1. The van der Waals surface area contributed by atoms with E-state index in [1.54, 1.807) is 6.07 Å². The maximum atomic E-state index is 13.1. The van der Waals surface area contributed by atoms with Crippen LogP contribution in [0.4, 0.5) is 4.39 Å². The van der Waals surface area contributed by atoms with Crippen molar-refractivity contribution in [2.45, 2.75) is 19.9 Å². The first-order valence-corrected chi connectivity index (χ1v) is 5.86. The summed E-state index contributed by atoms with van der Waals surface area (Å²) in [4.78, 5) is 0. The van der Waals surface area contributed by atoms with Crippen LogP contribution in [0.25, 0.3) is 0 Å². The van der Waals surface area contributed by atoms with Gasteiger partial charge in [-0.05, 0) is 43.2 Å². The molecule has 2 aromatic carbocycles. The second-order valence-electron chi connectivity index (χ2n) is 4.37. The minimum Gasteiger partial charge on any atom is -0.457 e. The van der Waals surface area contributed by atoms with E-state index < -0.39 is 0 Å². The average Bonchev–Trinajstić information content (AvgIpc) is 2.34. The predicted molar refractivity (Wildman–Crippen MR) is 70.3 cm³/mol. The molecule has 0 aliphatic carbocycles. The first-order valence-electron chi connectivity index (χ1n) is 5.86. The Morgan fingerprint density at radius 1 is 1.11 bits per heavy atom. The zero-order valence-corrected chi connectivity index (χ0v) is 10.5. The van der Waals surface area contributed by atoms with Crippen LogP contribution < -0.4 is 10.5 Å². The number of nitrogens with two attached hydrogens (primary N) is 1. The summed E-state index contributed by atoms with van der Waals surface area (Å²) in [5.41, 5.74) is 7.71. The van der Waals surface area contributed by atoms with Gasteiger partial charge < -0.3 is 10.5 Å². The molecule has 1 atom stereocenters. The zero-order chi connectivity index (χ0) is 13.1. The van der Waals surface area contributed by atoms with Gasteiger partial charge in [-0.3, -0.25) is 0 Å². The standard InChI is InChI=1S/C15H16FNO/c1-10-3-6-13(16)9-15(10)18-14-7-4-12(5-8-14)11(2)17/h3-9,11H,17H2,1-2H3/t11-/m1/s1. The minimum absolute atomic E-state index is 0.00467. The Bertz CT molecular complexity index is 535. The Morgan fingerprint density at radius 2 is 1.78 bits per heavy atom. The van der Waals surface area contributed by atoms with Gasteiger partial charge in [0, 0.05) is 12.1 Å². The van der Waals surface area contributed by atoms with E-state index in [-0.39, 0.29) is 11.9 Å². The van der Waals surface area contributed by atoms with Crippen molar-refractivity contribution in [1.29, 1.82) is 0 Å². The van der Waals surface area contributed by atoms with Gasteiger partial charge >= 0.3 is 0 Å². The van der Waals surface area contributed by atoms with Crippen LogP contribution in [0.5, 0.6) is 11.5 Å². The van der Waals surface area contributed by atoms with Crippen molar-refractivity contribution in [2.24, 2.45) is 5.73 Å². The van der Waals surface area contributed by atoms with Crippen LogP contribution in [-0.2, 0) is 0 Å². The molecule has 0 unspecified atom stereocenters. The Morgan fingerprint density at radius 3 is 2.39 bits per heavy atom. The SMILES string of the molecule is Cc1ccc(F)cc1Oc1ccc([C@@H](C)N)cc1. The molecule has 94 valence electrons. The second-order valence-corrected chi connectivity index (χ2v) is 4.37. The van der Waals surface area contributed by atoms with Crippen molar-refractivity contribution in [3.05, 3.63) is 59.4 Å². The molecule has 0 heterocycles. The molecule has 18 heavy (non-hydrogen) atoms. The third-order valence-corrected chi connectivity index (χ3v) is 2.78. The molecule has 0 fully saturated rings. The topological polar surface area (TPSA) is 35.2 Å². The van der Waals surface area contributed by atoms with Gasteiger partial charge in [0.1, 0.15) is 17.3 Å². The number of aryl methyl sites for hydroxylation is 1. The van der Waals surface area contributed by atoms with E-state index in [1.165, 1.54) is 12.1 Å². The highest BCUT2D eigenvalue weighted by atomic mass is 19.1. The Balaban J connectivity index is 2.21. The maximum Gasteiger partial charge on any atom is 0.133 e. The quantitative estimate of drug-likeness (QED) is 0.888. The molecule has 2 nitrogen and oxygen atoms in total. The first kappa shape index (κ1) is 12.6. The van der Waals surface area contributed by atoms with E-state index in [1.807, 2.05) is 38.1 Å². The number of ether oxygens (including phenoxy) is 1. The lowest BCUT2D eigenvalue weighted by molar-refractivity contribution is 0.472. The number of benzene rings is 2. The van der Waals surface area contributed by atoms with Crippen LogP contribution in [0.3, 0.4) is 0 Å². The summed E-state index contributed by atoms with van der Waals surface area (Å²) < 4.78 is 18.8. The Hall–Kier alpha value is -1.87. The fourth-order valence-electron chi connectivity index (χ4n) is 1.65. The van der Waals surface area contributed by atoms with Crippen LogP contribution in [0, 0.1) is 12.7 Å². The van der Waals surface area contributed by atoms with Crippen LogP contribution in [0.1, 0.15) is 24.1 Å². The Kier molecular flexibility index (Phi) is 3.63. The van der Waals surface area contributed by atoms with Gasteiger partial charge in [-0.1, -0.05) is 18.2 Å². The molecule has 0 bridgehead atoms. The van der Waals surface area contributed by atoms with Crippen LogP contribution >= 0.6 is 0 Å². The van der Waals surface area contributed by atoms with Gasteiger partial charge in [-0.25, -0.2) is 4.39 Å². The van der Waals surface area contributed by atoms with Crippen molar-refractivity contribution in [3.8, 4) is 11.5 Å². The molecule has 0 aliphatic heterocycles. The van der Waals surface area contributed by atoms with E-state index in [2.05, 4.69) is 0 Å². The molecule has 0 saturated heterocycles. The molecule has 3 heteroatoms. The maximum absolute atomic E-state index is 13.1. The fraction of sp³-hybridized carbons (Fsp3) is 0.200. The van der Waals surface area contributed by atoms with Gasteiger partial charge in [0.15, 0.2) is 0 Å². The lowest BCUT2D eigenvalue weighted by atomic mass is 10.1. The molecule has 0 amide bonds. The molecular formula is C15H16FNO. The summed E-state index contributed by atoms with van der Waals surface area (Å²) in [6, 6.07) is 12.0. The van der Waals surface area contributed by atoms with E-state index in [0.717, 1.165) is 11.1 Å². The number of rotatable bonds is 3. The van der Waals surface area contributed by atoms with Crippen LogP contribution in [0.15, 0.2) is 42.5 Å². The van der Waals surface area contributed by atoms with Gasteiger partial charge in [-0.2, -0.15) is 0 Å². The molecule has 0 spiro atoms. The lowest BCUT2D eigenvalue weighted by Crippen LogP contribution is -2.04. The van der Waals surface area contributed by atoms with Crippen LogP contribution in [-0.4, -0.2) is 0 Å². The van der Waals surface area contributed by atoms with Crippen molar-refractivity contribution in [1.82, 2.24) is 0 Å². The van der Waals surface area contributed by atoms with Crippen molar-refractivity contribution < 1.29 is 9.13 Å². The zero-order valence-electron chi connectivity index (χ0n) is 10.5. The number of hydrogen-bond acceptors (Lipinski definition) is 2. The normalized spacial score (nSPS) is 12.2. The van der Waals surface area contributed by atoms with E-state index >= 15 is 0 Å². The first-order chi connectivity index (χ1) is 8.56. The molecule has 0 saturated carbocycles. The van der Waals surface area contributed by atoms with Gasteiger partial charge in [-0.15, -0.1) is 0 Å². The van der Waals surface area contributed by atoms with Gasteiger partial charge in [0.05, 0.1) is 0 Å². The van der Waals surface area contributed by atoms with Crippen molar-refractivity contribution in [3.63, 3.8) is 0 Å². The summed E-state index contributed by atoms with van der Waals surface area (Å²) in [5.74, 6) is 0.902. The summed E-state index contributed by atoms with van der Waals surface area (Å²) in [6.45, 7) is 3.80. The van der Waals surface area contributed by atoms with Crippen molar-refractivity contribution in [2.75, 3.05) is 0 Å². The predicted octanol–water partition coefficient (Wildman–Crippen LogP) is 3.95. The van der Waals surface area contributed by atoms with Crippen LogP contribution in [0.2, 0.25) is 0 Å². The molecule has 2 N–H and O–H groups in total. The highest BCUT2D eigenvalue weighted by Gasteiger charge is 2.04. The highest BCUT2D eigenvalue weighted by Crippen LogP contribution is 2.26. The summed E-state index contributed by atoms with van der Waals surface area (Å²) in [5, 5.41) is 0. The van der Waals surface area contributed by atoms with Gasteiger partial charge in [0.2, 0.25) is 0 Å². The molecule has 2 rings (SSSR count). The third-order valence-electron chi connectivity index (χ3n) is 2.78. The molecule has 0 radical (unpaired) electrons. The minimum atomic E-state index is -0.303.